The van der Waals surface area contributed by atoms with Crippen molar-refractivity contribution in [2.45, 2.75) is 335 Å². The number of ether oxygens (including phenoxy) is 3. The van der Waals surface area contributed by atoms with Crippen LogP contribution >= 0.6 is 0 Å². The minimum atomic E-state index is -0.798. The molecular weight excluding hydrogens is 877 g/mol. The molecule has 0 aromatic rings. The molecule has 6 heteroatoms. The summed E-state index contributed by atoms with van der Waals surface area (Å²) in [6.45, 7) is 6.52. The van der Waals surface area contributed by atoms with Crippen molar-refractivity contribution in [2.75, 3.05) is 13.2 Å². The number of carbonyl (C=O) groups is 3. The molecule has 0 saturated carbocycles. The number of rotatable bonds is 57. The Morgan fingerprint density at radius 1 is 0.296 bits per heavy atom. The van der Waals surface area contributed by atoms with Crippen LogP contribution in [0.3, 0.4) is 0 Å². The molecule has 414 valence electrons. The van der Waals surface area contributed by atoms with Gasteiger partial charge in [-0.2, -0.15) is 0 Å². The largest absolute Gasteiger partial charge is 0.462 e. The lowest BCUT2D eigenvalue weighted by Crippen LogP contribution is -2.30. The standard InChI is InChI=1S/C65H118O6/c1-4-7-10-13-16-19-22-25-27-29-30-31-32-33-34-36-37-40-43-46-49-52-55-58-64(67)70-61-62(60-69-63(66)57-54-51-48-45-42-39-24-21-18-15-12-9-6-3)71-65(68)59-56-53-50-47-44-41-38-35-28-26-23-20-17-14-11-8-5-2/h9,12,18,21,39,42,48,51,62H,4-8,10-11,13-17,19-20,22-38,40-41,43-47,49-50,52-61H2,1-3H3/b12-9-,21-18-,42-39-,51-48-. The molecule has 1 unspecified atom stereocenters. The van der Waals surface area contributed by atoms with Crippen molar-refractivity contribution in [2.24, 2.45) is 0 Å². The zero-order valence-corrected chi connectivity index (χ0v) is 47.5. The maximum Gasteiger partial charge on any atom is 0.306 e. The van der Waals surface area contributed by atoms with Gasteiger partial charge in [-0.25, -0.2) is 0 Å². The highest BCUT2D eigenvalue weighted by atomic mass is 16.6. The molecule has 0 amide bonds. The van der Waals surface area contributed by atoms with Gasteiger partial charge in [0.05, 0.1) is 0 Å². The first kappa shape index (κ1) is 68.4. The molecule has 0 bridgehead atoms. The van der Waals surface area contributed by atoms with Crippen molar-refractivity contribution in [1.82, 2.24) is 0 Å². The number of esters is 3. The molecule has 0 aliphatic rings. The Morgan fingerprint density at radius 2 is 0.549 bits per heavy atom. The number of unbranched alkanes of at least 4 members (excludes halogenated alkanes) is 38. The van der Waals surface area contributed by atoms with Crippen LogP contribution in [0.4, 0.5) is 0 Å². The molecule has 71 heavy (non-hydrogen) atoms. The molecule has 0 fully saturated rings. The molecule has 0 aromatic heterocycles. The summed E-state index contributed by atoms with van der Waals surface area (Å²) in [6.07, 6.45) is 74.3. The van der Waals surface area contributed by atoms with Gasteiger partial charge in [0.2, 0.25) is 0 Å². The second-order valence-electron chi connectivity index (χ2n) is 21.0. The predicted molar refractivity (Wildman–Crippen MR) is 307 cm³/mol. The second kappa shape index (κ2) is 59.9. The van der Waals surface area contributed by atoms with E-state index in [4.69, 9.17) is 14.2 Å². The average molecular weight is 996 g/mol. The minimum Gasteiger partial charge on any atom is -0.462 e. The third kappa shape index (κ3) is 58.1. The van der Waals surface area contributed by atoms with Crippen LogP contribution in [0.5, 0.6) is 0 Å². The van der Waals surface area contributed by atoms with Crippen LogP contribution < -0.4 is 0 Å². The van der Waals surface area contributed by atoms with E-state index in [2.05, 4.69) is 63.3 Å². The Kier molecular flexibility index (Phi) is 57.7. The first-order chi connectivity index (χ1) is 35.0. The molecule has 0 aliphatic heterocycles. The van der Waals surface area contributed by atoms with Crippen LogP contribution in [0.25, 0.3) is 0 Å². The van der Waals surface area contributed by atoms with E-state index in [9.17, 15) is 14.4 Å². The van der Waals surface area contributed by atoms with Gasteiger partial charge in [-0.1, -0.05) is 313 Å². The van der Waals surface area contributed by atoms with Crippen molar-refractivity contribution in [3.05, 3.63) is 48.6 Å². The van der Waals surface area contributed by atoms with Crippen molar-refractivity contribution in [3.8, 4) is 0 Å². The van der Waals surface area contributed by atoms with Gasteiger partial charge in [0.15, 0.2) is 6.10 Å². The lowest BCUT2D eigenvalue weighted by atomic mass is 10.0. The number of allylic oxidation sites excluding steroid dienone is 8. The Balaban J connectivity index is 4.29. The Bertz CT molecular complexity index is 1230. The summed E-state index contributed by atoms with van der Waals surface area (Å²) >= 11 is 0. The van der Waals surface area contributed by atoms with Gasteiger partial charge in [-0.15, -0.1) is 0 Å². The Labute approximate surface area is 441 Å². The summed E-state index contributed by atoms with van der Waals surface area (Å²) in [6, 6.07) is 0. The van der Waals surface area contributed by atoms with Crippen LogP contribution in [-0.4, -0.2) is 37.2 Å². The monoisotopic (exact) mass is 995 g/mol. The highest BCUT2D eigenvalue weighted by Gasteiger charge is 2.19. The first-order valence-electron chi connectivity index (χ1n) is 31.1. The highest BCUT2D eigenvalue weighted by molar-refractivity contribution is 5.71. The van der Waals surface area contributed by atoms with Gasteiger partial charge in [0.25, 0.3) is 0 Å². The van der Waals surface area contributed by atoms with E-state index in [0.717, 1.165) is 64.2 Å². The maximum absolute atomic E-state index is 12.9. The molecule has 0 rings (SSSR count). The summed E-state index contributed by atoms with van der Waals surface area (Å²) < 4.78 is 16.8. The molecule has 0 aliphatic carbocycles. The SMILES string of the molecule is CC/C=C\C/C=C\C/C=C\C/C=C\CCC(=O)OCC(COC(=O)CCCCCCCCCCCCCCCCCCCCCCCCC)OC(=O)CCCCCCCCCCCCCCCCCCC. The summed E-state index contributed by atoms with van der Waals surface area (Å²) in [5.41, 5.74) is 0. The average Bonchev–Trinajstić information content (AvgIpc) is 3.37. The van der Waals surface area contributed by atoms with Crippen LogP contribution in [0, 0.1) is 0 Å². The van der Waals surface area contributed by atoms with Gasteiger partial charge in [0, 0.05) is 19.3 Å². The van der Waals surface area contributed by atoms with E-state index < -0.39 is 6.10 Å². The van der Waals surface area contributed by atoms with Gasteiger partial charge in [-0.05, 0) is 44.9 Å². The van der Waals surface area contributed by atoms with Crippen LogP contribution in [0.15, 0.2) is 48.6 Å². The van der Waals surface area contributed by atoms with Gasteiger partial charge >= 0.3 is 17.9 Å². The van der Waals surface area contributed by atoms with E-state index >= 15 is 0 Å². The van der Waals surface area contributed by atoms with Gasteiger partial charge < -0.3 is 14.2 Å². The predicted octanol–water partition coefficient (Wildman–Crippen LogP) is 21.0. The second-order valence-corrected chi connectivity index (χ2v) is 21.0. The zero-order valence-electron chi connectivity index (χ0n) is 47.5. The smallest absolute Gasteiger partial charge is 0.306 e. The number of hydrogen-bond acceptors (Lipinski definition) is 6. The fraction of sp³-hybridized carbons (Fsp3) is 0.831. The van der Waals surface area contributed by atoms with E-state index in [0.29, 0.717) is 19.3 Å². The molecule has 1 atom stereocenters. The fourth-order valence-corrected chi connectivity index (χ4v) is 9.22. The van der Waals surface area contributed by atoms with Crippen LogP contribution in [0.1, 0.15) is 329 Å². The molecule has 0 heterocycles. The fourth-order valence-electron chi connectivity index (χ4n) is 9.22. The van der Waals surface area contributed by atoms with Crippen molar-refractivity contribution in [3.63, 3.8) is 0 Å². The third-order valence-corrected chi connectivity index (χ3v) is 13.9. The van der Waals surface area contributed by atoms with Gasteiger partial charge in [0.1, 0.15) is 13.2 Å². The lowest BCUT2D eigenvalue weighted by molar-refractivity contribution is -0.166. The molecule has 0 N–H and O–H groups in total. The normalized spacial score (nSPS) is 12.3. The van der Waals surface area contributed by atoms with Crippen LogP contribution in [0.2, 0.25) is 0 Å². The molecule has 0 spiro atoms. The topological polar surface area (TPSA) is 78.9 Å². The van der Waals surface area contributed by atoms with Crippen LogP contribution in [-0.2, 0) is 28.6 Å². The number of carbonyl (C=O) groups excluding carboxylic acids is 3. The number of hydrogen-bond donors (Lipinski definition) is 0. The lowest BCUT2D eigenvalue weighted by Gasteiger charge is -2.18. The quantitative estimate of drug-likeness (QED) is 0.0261. The summed E-state index contributed by atoms with van der Waals surface area (Å²) in [4.78, 5) is 38.2. The van der Waals surface area contributed by atoms with E-state index in [-0.39, 0.29) is 37.5 Å². The van der Waals surface area contributed by atoms with E-state index in [1.165, 1.54) is 218 Å². The van der Waals surface area contributed by atoms with E-state index in [1.807, 2.05) is 6.08 Å². The Morgan fingerprint density at radius 3 is 0.859 bits per heavy atom. The Hall–Kier alpha value is -2.63. The highest BCUT2D eigenvalue weighted by Crippen LogP contribution is 2.18. The van der Waals surface area contributed by atoms with Crippen molar-refractivity contribution >= 4 is 17.9 Å². The molecular formula is C65H118O6. The van der Waals surface area contributed by atoms with Crippen molar-refractivity contribution < 1.29 is 28.6 Å². The van der Waals surface area contributed by atoms with Gasteiger partial charge in [-0.3, -0.25) is 14.4 Å². The summed E-state index contributed by atoms with van der Waals surface area (Å²) in [5.74, 6) is -0.955. The maximum atomic E-state index is 12.9. The summed E-state index contributed by atoms with van der Waals surface area (Å²) in [7, 11) is 0. The van der Waals surface area contributed by atoms with Crippen molar-refractivity contribution in [1.29, 1.82) is 0 Å². The van der Waals surface area contributed by atoms with E-state index in [1.54, 1.807) is 0 Å². The first-order valence-corrected chi connectivity index (χ1v) is 31.1. The molecule has 0 saturated heterocycles. The zero-order chi connectivity index (χ0) is 51.4. The molecule has 0 aromatic carbocycles. The molecule has 6 nitrogen and oxygen atoms in total. The minimum absolute atomic E-state index is 0.0902. The molecule has 0 radical (unpaired) electrons. The third-order valence-electron chi connectivity index (χ3n) is 13.9. The summed E-state index contributed by atoms with van der Waals surface area (Å²) in [5, 5.41) is 0.